The van der Waals surface area contributed by atoms with E-state index in [1.54, 1.807) is 7.11 Å². The monoisotopic (exact) mass is 282 g/mol. The third-order valence-corrected chi connectivity index (χ3v) is 4.32. The first-order valence-corrected chi connectivity index (χ1v) is 8.12. The lowest BCUT2D eigenvalue weighted by molar-refractivity contribution is 0.187. The summed E-state index contributed by atoms with van der Waals surface area (Å²) >= 11 is 1.89. The second kappa shape index (κ2) is 8.46. The molecular formula is C15H26N2OS. The van der Waals surface area contributed by atoms with Gasteiger partial charge in [-0.1, -0.05) is 19.1 Å². The van der Waals surface area contributed by atoms with E-state index in [9.17, 15) is 0 Å². The minimum absolute atomic E-state index is 0.243. The van der Waals surface area contributed by atoms with Crippen LogP contribution in [0, 0.1) is 0 Å². The second-order valence-electron chi connectivity index (χ2n) is 4.71. The molecule has 0 aliphatic rings. The summed E-state index contributed by atoms with van der Waals surface area (Å²) in [5, 5.41) is 0. The Morgan fingerprint density at radius 3 is 2.68 bits per heavy atom. The third-order valence-electron chi connectivity index (χ3n) is 3.60. The maximum atomic E-state index is 6.00. The summed E-state index contributed by atoms with van der Waals surface area (Å²) in [5.41, 5.74) is 7.22. The zero-order chi connectivity index (χ0) is 14.3. The zero-order valence-electron chi connectivity index (χ0n) is 12.4. The average Bonchev–Trinajstić information content (AvgIpc) is 2.45. The van der Waals surface area contributed by atoms with Crippen LogP contribution in [-0.4, -0.2) is 43.7 Å². The number of hydrogen-bond acceptors (Lipinski definition) is 4. The molecule has 0 saturated heterocycles. The van der Waals surface area contributed by atoms with Crippen molar-refractivity contribution in [1.29, 1.82) is 0 Å². The standard InChI is InChI=1S/C15H26N2OS/c1-5-13(11-19-4)17(2)15(10-16)12-7-6-8-14(9-12)18-3/h6-9,13,15H,5,10-11,16H2,1-4H3. The van der Waals surface area contributed by atoms with Crippen LogP contribution in [0.15, 0.2) is 24.3 Å². The number of thioether (sulfide) groups is 1. The van der Waals surface area contributed by atoms with E-state index < -0.39 is 0 Å². The molecule has 2 unspecified atom stereocenters. The Bertz CT molecular complexity index is 373. The largest absolute Gasteiger partial charge is 0.497 e. The lowest BCUT2D eigenvalue weighted by Crippen LogP contribution is -2.39. The smallest absolute Gasteiger partial charge is 0.119 e. The number of methoxy groups -OCH3 is 1. The maximum Gasteiger partial charge on any atom is 0.119 e. The molecule has 0 spiro atoms. The van der Waals surface area contributed by atoms with Crippen molar-refractivity contribution in [3.05, 3.63) is 29.8 Å². The van der Waals surface area contributed by atoms with Gasteiger partial charge in [0.2, 0.25) is 0 Å². The number of hydrogen-bond donors (Lipinski definition) is 1. The van der Waals surface area contributed by atoms with Crippen molar-refractivity contribution >= 4 is 11.8 Å². The topological polar surface area (TPSA) is 38.5 Å². The van der Waals surface area contributed by atoms with Gasteiger partial charge >= 0.3 is 0 Å². The Hall–Kier alpha value is -0.710. The third kappa shape index (κ3) is 4.41. The summed E-state index contributed by atoms with van der Waals surface area (Å²) < 4.78 is 5.30. The van der Waals surface area contributed by atoms with Gasteiger partial charge in [-0.3, -0.25) is 4.90 Å². The van der Waals surface area contributed by atoms with E-state index in [2.05, 4.69) is 37.3 Å². The molecule has 0 bridgehead atoms. The average molecular weight is 282 g/mol. The van der Waals surface area contributed by atoms with Crippen molar-refractivity contribution in [2.45, 2.75) is 25.4 Å². The highest BCUT2D eigenvalue weighted by atomic mass is 32.2. The molecule has 0 aliphatic carbocycles. The van der Waals surface area contributed by atoms with Crippen LogP contribution in [0.3, 0.4) is 0 Å². The fourth-order valence-electron chi connectivity index (χ4n) is 2.36. The quantitative estimate of drug-likeness (QED) is 0.796. The van der Waals surface area contributed by atoms with Gasteiger partial charge in [0, 0.05) is 24.4 Å². The van der Waals surface area contributed by atoms with E-state index in [1.807, 2.05) is 23.9 Å². The minimum atomic E-state index is 0.243. The lowest BCUT2D eigenvalue weighted by Gasteiger charge is -2.34. The van der Waals surface area contributed by atoms with Crippen LogP contribution in [0.2, 0.25) is 0 Å². The van der Waals surface area contributed by atoms with Crippen LogP contribution in [0.4, 0.5) is 0 Å². The molecule has 108 valence electrons. The van der Waals surface area contributed by atoms with E-state index in [0.717, 1.165) is 17.9 Å². The number of likely N-dealkylation sites (N-methyl/N-ethyl adjacent to an activating group) is 1. The molecule has 0 amide bonds. The van der Waals surface area contributed by atoms with Gasteiger partial charge in [0.15, 0.2) is 0 Å². The minimum Gasteiger partial charge on any atom is -0.497 e. The van der Waals surface area contributed by atoms with Crippen molar-refractivity contribution in [2.75, 3.05) is 32.7 Å². The van der Waals surface area contributed by atoms with Crippen LogP contribution in [-0.2, 0) is 0 Å². The van der Waals surface area contributed by atoms with Crippen molar-refractivity contribution < 1.29 is 4.74 Å². The van der Waals surface area contributed by atoms with Crippen LogP contribution in [0.25, 0.3) is 0 Å². The highest BCUT2D eigenvalue weighted by Gasteiger charge is 2.22. The summed E-state index contributed by atoms with van der Waals surface area (Å²) in [5.74, 6) is 2.02. The van der Waals surface area contributed by atoms with Crippen molar-refractivity contribution in [1.82, 2.24) is 4.90 Å². The number of benzene rings is 1. The van der Waals surface area contributed by atoms with Crippen molar-refractivity contribution in [3.8, 4) is 5.75 Å². The van der Waals surface area contributed by atoms with Gasteiger partial charge in [-0.25, -0.2) is 0 Å². The maximum absolute atomic E-state index is 6.00. The molecule has 3 nitrogen and oxygen atoms in total. The van der Waals surface area contributed by atoms with E-state index in [-0.39, 0.29) is 6.04 Å². The van der Waals surface area contributed by atoms with Crippen molar-refractivity contribution in [3.63, 3.8) is 0 Å². The van der Waals surface area contributed by atoms with Gasteiger partial charge < -0.3 is 10.5 Å². The molecule has 0 saturated carbocycles. The second-order valence-corrected chi connectivity index (χ2v) is 5.62. The fraction of sp³-hybridized carbons (Fsp3) is 0.600. The van der Waals surface area contributed by atoms with Gasteiger partial charge in [0.25, 0.3) is 0 Å². The number of ether oxygens (including phenoxy) is 1. The van der Waals surface area contributed by atoms with Crippen LogP contribution in [0.5, 0.6) is 5.75 Å². The normalized spacial score (nSPS) is 14.4. The molecule has 0 aliphatic heterocycles. The van der Waals surface area contributed by atoms with Gasteiger partial charge in [0.1, 0.15) is 5.75 Å². The van der Waals surface area contributed by atoms with Gasteiger partial charge in [-0.2, -0.15) is 11.8 Å². The Kier molecular flexibility index (Phi) is 7.28. The van der Waals surface area contributed by atoms with E-state index in [1.165, 1.54) is 5.56 Å². The Morgan fingerprint density at radius 1 is 1.42 bits per heavy atom. The zero-order valence-corrected chi connectivity index (χ0v) is 13.2. The molecule has 0 heterocycles. The molecule has 0 radical (unpaired) electrons. The van der Waals surface area contributed by atoms with Gasteiger partial charge in [-0.15, -0.1) is 0 Å². The van der Waals surface area contributed by atoms with Crippen molar-refractivity contribution in [2.24, 2.45) is 5.73 Å². The molecule has 0 fully saturated rings. The Balaban J connectivity index is 2.91. The molecular weight excluding hydrogens is 256 g/mol. The molecule has 19 heavy (non-hydrogen) atoms. The van der Waals surface area contributed by atoms with Gasteiger partial charge in [-0.05, 0) is 37.4 Å². The molecule has 1 aromatic carbocycles. The summed E-state index contributed by atoms with van der Waals surface area (Å²) in [6, 6.07) is 9.00. The fourth-order valence-corrected chi connectivity index (χ4v) is 3.21. The first-order valence-electron chi connectivity index (χ1n) is 6.72. The predicted molar refractivity (Wildman–Crippen MR) is 85.0 cm³/mol. The van der Waals surface area contributed by atoms with Crippen LogP contribution < -0.4 is 10.5 Å². The summed E-state index contributed by atoms with van der Waals surface area (Å²) in [4.78, 5) is 2.39. The predicted octanol–water partition coefficient (Wildman–Crippen LogP) is 2.77. The highest BCUT2D eigenvalue weighted by Crippen LogP contribution is 2.25. The Morgan fingerprint density at radius 2 is 2.16 bits per heavy atom. The van der Waals surface area contributed by atoms with E-state index in [4.69, 9.17) is 10.5 Å². The summed E-state index contributed by atoms with van der Waals surface area (Å²) in [7, 11) is 3.87. The molecule has 4 heteroatoms. The lowest BCUT2D eigenvalue weighted by atomic mass is 10.0. The van der Waals surface area contributed by atoms with Crippen LogP contribution >= 0.6 is 11.8 Å². The molecule has 2 atom stereocenters. The molecule has 2 N–H and O–H groups in total. The summed E-state index contributed by atoms with van der Waals surface area (Å²) in [6.45, 7) is 2.85. The SMILES string of the molecule is CCC(CSC)N(C)C(CN)c1cccc(OC)c1. The Labute approximate surface area is 121 Å². The van der Waals surface area contributed by atoms with E-state index in [0.29, 0.717) is 12.6 Å². The number of rotatable bonds is 8. The van der Waals surface area contributed by atoms with Gasteiger partial charge in [0.05, 0.1) is 7.11 Å². The first-order chi connectivity index (χ1) is 9.17. The molecule has 1 rings (SSSR count). The number of nitrogens with zero attached hydrogens (tertiary/aromatic N) is 1. The summed E-state index contributed by atoms with van der Waals surface area (Å²) in [6.07, 6.45) is 3.29. The first kappa shape index (κ1) is 16.3. The number of nitrogens with two attached hydrogens (primary N) is 1. The molecule has 0 aromatic heterocycles. The highest BCUT2D eigenvalue weighted by molar-refractivity contribution is 7.98. The van der Waals surface area contributed by atoms with E-state index >= 15 is 0 Å². The molecule has 1 aromatic rings. The van der Waals surface area contributed by atoms with Crippen LogP contribution in [0.1, 0.15) is 24.9 Å².